The molecule has 0 fully saturated rings. The molecule has 2 aromatic heterocycles. The highest BCUT2D eigenvalue weighted by Gasteiger charge is 2.24. The van der Waals surface area contributed by atoms with Crippen LogP contribution in [-0.2, 0) is 12.8 Å². The third-order valence-corrected chi connectivity index (χ3v) is 5.52. The molecule has 1 aliphatic heterocycles. The van der Waals surface area contributed by atoms with Crippen molar-refractivity contribution in [3.05, 3.63) is 89.9 Å². The van der Waals surface area contributed by atoms with Gasteiger partial charge in [-0.05, 0) is 61.4 Å². The average molecular weight is 418 g/mol. The van der Waals surface area contributed by atoms with E-state index in [9.17, 15) is 0 Å². The Bertz CT molecular complexity index is 1150. The Balaban J connectivity index is 0.00000218. The summed E-state index contributed by atoms with van der Waals surface area (Å²) in [5, 5.41) is 1.16. The molecule has 0 radical (unpaired) electrons. The van der Waals surface area contributed by atoms with Crippen LogP contribution in [0.3, 0.4) is 0 Å². The van der Waals surface area contributed by atoms with E-state index in [2.05, 4.69) is 41.1 Å². The number of pyridine rings is 2. The van der Waals surface area contributed by atoms with Crippen molar-refractivity contribution in [2.24, 2.45) is 0 Å². The lowest BCUT2D eigenvalue weighted by atomic mass is 10.1. The summed E-state index contributed by atoms with van der Waals surface area (Å²) in [6.45, 7) is 4.09. The summed E-state index contributed by atoms with van der Waals surface area (Å²) in [4.78, 5) is 11.8. The molecule has 5 heteroatoms. The summed E-state index contributed by atoms with van der Waals surface area (Å²) in [6, 6.07) is 22.2. The van der Waals surface area contributed by atoms with Gasteiger partial charge in [0.15, 0.2) is 0 Å². The summed E-state index contributed by atoms with van der Waals surface area (Å²) < 4.78 is 6.08. The Kier molecular flexibility index (Phi) is 5.86. The number of rotatable bonds is 5. The zero-order valence-electron chi connectivity index (χ0n) is 16.9. The lowest BCUT2D eigenvalue weighted by Crippen LogP contribution is -2.23. The predicted octanol–water partition coefficient (Wildman–Crippen LogP) is 5.76. The lowest BCUT2D eigenvalue weighted by molar-refractivity contribution is 0.483. The molecule has 1 aliphatic rings. The van der Waals surface area contributed by atoms with Crippen molar-refractivity contribution in [3.8, 4) is 11.5 Å². The van der Waals surface area contributed by atoms with E-state index in [1.807, 2.05) is 48.7 Å². The summed E-state index contributed by atoms with van der Waals surface area (Å²) in [7, 11) is 0. The number of benzene rings is 2. The number of nitrogens with zero attached hydrogens (tertiary/aromatic N) is 3. The number of aryl methyl sites for hydroxylation is 1. The number of hydrogen-bond donors (Lipinski definition) is 0. The van der Waals surface area contributed by atoms with Gasteiger partial charge >= 0.3 is 0 Å². The van der Waals surface area contributed by atoms with Crippen molar-refractivity contribution >= 4 is 29.0 Å². The van der Waals surface area contributed by atoms with Crippen LogP contribution in [0.25, 0.3) is 10.9 Å². The van der Waals surface area contributed by atoms with Crippen molar-refractivity contribution in [3.63, 3.8) is 0 Å². The molecule has 2 aromatic carbocycles. The molecule has 4 aromatic rings. The van der Waals surface area contributed by atoms with Crippen LogP contribution in [0, 0.1) is 6.92 Å². The molecule has 0 saturated heterocycles. The Morgan fingerprint density at radius 1 is 0.967 bits per heavy atom. The van der Waals surface area contributed by atoms with Crippen LogP contribution in [-0.4, -0.2) is 23.1 Å². The number of hydrogen-bond acceptors (Lipinski definition) is 4. The van der Waals surface area contributed by atoms with Crippen molar-refractivity contribution in [1.29, 1.82) is 0 Å². The lowest BCUT2D eigenvalue weighted by Gasteiger charge is -2.21. The van der Waals surface area contributed by atoms with E-state index in [1.54, 1.807) is 0 Å². The third-order valence-electron chi connectivity index (χ3n) is 5.52. The minimum Gasteiger partial charge on any atom is -0.457 e. The molecule has 0 unspecified atom stereocenters. The number of para-hydroxylation sites is 1. The molecule has 0 spiro atoms. The van der Waals surface area contributed by atoms with E-state index in [4.69, 9.17) is 9.72 Å². The maximum Gasteiger partial charge on any atom is 0.128 e. The minimum absolute atomic E-state index is 0. The van der Waals surface area contributed by atoms with Gasteiger partial charge < -0.3 is 9.64 Å². The molecule has 0 bridgehead atoms. The molecule has 0 aliphatic carbocycles. The van der Waals surface area contributed by atoms with Gasteiger partial charge in [-0.3, -0.25) is 9.97 Å². The molecule has 4 nitrogen and oxygen atoms in total. The van der Waals surface area contributed by atoms with E-state index in [0.717, 1.165) is 59.7 Å². The molecular formula is C25H24ClN3O. The maximum atomic E-state index is 6.08. The van der Waals surface area contributed by atoms with Crippen molar-refractivity contribution in [2.45, 2.75) is 19.8 Å². The minimum atomic E-state index is 0. The number of halogens is 1. The fourth-order valence-corrected chi connectivity index (χ4v) is 4.11. The normalized spacial score (nSPS) is 12.5. The maximum absolute atomic E-state index is 6.08. The Morgan fingerprint density at radius 3 is 2.60 bits per heavy atom. The van der Waals surface area contributed by atoms with Crippen molar-refractivity contribution in [1.82, 2.24) is 9.97 Å². The summed E-state index contributed by atoms with van der Waals surface area (Å²) in [6.07, 6.45) is 3.84. The van der Waals surface area contributed by atoms with Crippen LogP contribution in [0.4, 0.5) is 5.69 Å². The average Bonchev–Trinajstić information content (AvgIpc) is 3.19. The van der Waals surface area contributed by atoms with E-state index < -0.39 is 0 Å². The Hall–Kier alpha value is -3.11. The van der Waals surface area contributed by atoms with Gasteiger partial charge in [-0.1, -0.05) is 24.3 Å². The van der Waals surface area contributed by atoms with Gasteiger partial charge in [-0.25, -0.2) is 0 Å². The molecule has 5 rings (SSSR count). The first-order chi connectivity index (χ1) is 14.3. The van der Waals surface area contributed by atoms with E-state index in [1.165, 1.54) is 11.3 Å². The van der Waals surface area contributed by atoms with Crippen LogP contribution in [0.5, 0.6) is 11.5 Å². The van der Waals surface area contributed by atoms with Gasteiger partial charge in [-0.2, -0.15) is 0 Å². The largest absolute Gasteiger partial charge is 0.457 e. The molecule has 152 valence electrons. The quantitative estimate of drug-likeness (QED) is 0.414. The topological polar surface area (TPSA) is 38.2 Å². The molecule has 0 amide bonds. The van der Waals surface area contributed by atoms with Crippen LogP contribution < -0.4 is 9.64 Å². The second-order valence-electron chi connectivity index (χ2n) is 7.43. The number of fused-ring (bicyclic) bond motifs is 3. The van der Waals surface area contributed by atoms with Crippen LogP contribution in [0.15, 0.2) is 72.9 Å². The standard InChI is InChI=1S/C25H23N3O.ClH/c1-18-22-13-16-28(15-12-19-7-5-6-14-26-19)25(22)23-17-21(10-11-24(23)27-18)29-20-8-3-2-4-9-20;/h2-11,14,17H,12-13,15-16H2,1H3;1H. The van der Waals surface area contributed by atoms with Gasteiger partial charge in [0, 0.05) is 42.5 Å². The highest BCUT2D eigenvalue weighted by molar-refractivity contribution is 5.96. The smallest absolute Gasteiger partial charge is 0.128 e. The second kappa shape index (κ2) is 8.72. The number of aromatic nitrogens is 2. The first kappa shape index (κ1) is 20.2. The number of ether oxygens (including phenoxy) is 1. The Morgan fingerprint density at radius 2 is 1.80 bits per heavy atom. The van der Waals surface area contributed by atoms with Crippen molar-refractivity contribution in [2.75, 3.05) is 18.0 Å². The summed E-state index contributed by atoms with van der Waals surface area (Å²) >= 11 is 0. The van der Waals surface area contributed by atoms with Gasteiger partial charge in [0.25, 0.3) is 0 Å². The van der Waals surface area contributed by atoms with Crippen LogP contribution in [0.2, 0.25) is 0 Å². The monoisotopic (exact) mass is 417 g/mol. The van der Waals surface area contributed by atoms with Gasteiger partial charge in [-0.15, -0.1) is 12.4 Å². The molecule has 30 heavy (non-hydrogen) atoms. The van der Waals surface area contributed by atoms with Gasteiger partial charge in [0.1, 0.15) is 11.5 Å². The van der Waals surface area contributed by atoms with Crippen LogP contribution in [0.1, 0.15) is 17.0 Å². The van der Waals surface area contributed by atoms with Crippen LogP contribution >= 0.6 is 12.4 Å². The second-order valence-corrected chi connectivity index (χ2v) is 7.43. The van der Waals surface area contributed by atoms with E-state index in [-0.39, 0.29) is 12.4 Å². The van der Waals surface area contributed by atoms with Crippen molar-refractivity contribution < 1.29 is 4.74 Å². The highest BCUT2D eigenvalue weighted by Crippen LogP contribution is 2.38. The zero-order valence-corrected chi connectivity index (χ0v) is 17.7. The van der Waals surface area contributed by atoms with E-state index >= 15 is 0 Å². The summed E-state index contributed by atoms with van der Waals surface area (Å²) in [5.41, 5.74) is 5.94. The van der Waals surface area contributed by atoms with E-state index in [0.29, 0.717) is 0 Å². The molecular weight excluding hydrogens is 394 g/mol. The SMILES string of the molecule is Cc1nc2ccc(Oc3ccccc3)cc2c2c1CCN2CCc1ccccn1.Cl. The third kappa shape index (κ3) is 3.96. The zero-order chi connectivity index (χ0) is 19.6. The predicted molar refractivity (Wildman–Crippen MR) is 124 cm³/mol. The summed E-state index contributed by atoms with van der Waals surface area (Å²) in [5.74, 6) is 1.68. The van der Waals surface area contributed by atoms with Gasteiger partial charge in [0.05, 0.1) is 11.2 Å². The Labute approximate surface area is 183 Å². The van der Waals surface area contributed by atoms with Gasteiger partial charge in [0.2, 0.25) is 0 Å². The molecule has 0 N–H and O–H groups in total. The molecule has 3 heterocycles. The fourth-order valence-electron chi connectivity index (χ4n) is 4.11. The molecule has 0 saturated carbocycles. The molecule has 0 atom stereocenters. The number of anilines is 1. The first-order valence-electron chi connectivity index (χ1n) is 10.1. The fraction of sp³-hybridized carbons (Fsp3) is 0.200. The first-order valence-corrected chi connectivity index (χ1v) is 10.1. The highest BCUT2D eigenvalue weighted by atomic mass is 35.5.